The highest BCUT2D eigenvalue weighted by Crippen LogP contribution is 2.24. The van der Waals surface area contributed by atoms with E-state index >= 15 is 0 Å². The van der Waals surface area contributed by atoms with Crippen molar-refractivity contribution in [1.82, 2.24) is 5.32 Å². The zero-order chi connectivity index (χ0) is 11.4. The van der Waals surface area contributed by atoms with E-state index in [9.17, 15) is 9.50 Å². The molecule has 0 amide bonds. The largest absolute Gasteiger partial charge is 0.389 e. The van der Waals surface area contributed by atoms with Crippen molar-refractivity contribution in [3.63, 3.8) is 0 Å². The van der Waals surface area contributed by atoms with Gasteiger partial charge in [0.1, 0.15) is 5.82 Å². The van der Waals surface area contributed by atoms with Crippen LogP contribution in [0.4, 0.5) is 4.39 Å². The average molecular weight is 223 g/mol. The molecule has 2 N–H and O–H groups in total. The molecule has 1 atom stereocenters. The van der Waals surface area contributed by atoms with Crippen LogP contribution in [-0.4, -0.2) is 23.8 Å². The van der Waals surface area contributed by atoms with Gasteiger partial charge in [-0.15, -0.1) is 0 Å². The van der Waals surface area contributed by atoms with Gasteiger partial charge in [-0.1, -0.05) is 12.1 Å². The van der Waals surface area contributed by atoms with Crippen molar-refractivity contribution in [3.8, 4) is 0 Å². The van der Waals surface area contributed by atoms with Crippen molar-refractivity contribution >= 4 is 0 Å². The third-order valence-electron chi connectivity index (χ3n) is 3.19. The van der Waals surface area contributed by atoms with Gasteiger partial charge in [0, 0.05) is 6.42 Å². The molecule has 1 aromatic carbocycles. The van der Waals surface area contributed by atoms with Crippen LogP contribution in [0, 0.1) is 5.82 Å². The molecule has 0 aromatic heterocycles. The SMILES string of the molecule is OC1(Cc2cccc(F)c2)CCCNCC1. The van der Waals surface area contributed by atoms with E-state index in [2.05, 4.69) is 5.32 Å². The first-order valence-electron chi connectivity index (χ1n) is 5.86. The molecule has 3 heteroatoms. The van der Waals surface area contributed by atoms with Gasteiger partial charge in [-0.05, 0) is 50.0 Å². The van der Waals surface area contributed by atoms with Gasteiger partial charge >= 0.3 is 0 Å². The number of aliphatic hydroxyl groups is 1. The van der Waals surface area contributed by atoms with Gasteiger partial charge in [0.2, 0.25) is 0 Å². The maximum atomic E-state index is 13.0. The van der Waals surface area contributed by atoms with E-state index < -0.39 is 5.60 Å². The number of hydrogen-bond acceptors (Lipinski definition) is 2. The zero-order valence-corrected chi connectivity index (χ0v) is 9.38. The molecule has 16 heavy (non-hydrogen) atoms. The highest BCUT2D eigenvalue weighted by molar-refractivity contribution is 5.18. The third kappa shape index (κ3) is 3.03. The lowest BCUT2D eigenvalue weighted by Crippen LogP contribution is -2.32. The van der Waals surface area contributed by atoms with Crippen LogP contribution < -0.4 is 5.32 Å². The number of halogens is 1. The van der Waals surface area contributed by atoms with Gasteiger partial charge in [-0.3, -0.25) is 0 Å². The Morgan fingerprint density at radius 3 is 3.00 bits per heavy atom. The second kappa shape index (κ2) is 4.93. The molecule has 1 aliphatic heterocycles. The minimum Gasteiger partial charge on any atom is -0.389 e. The van der Waals surface area contributed by atoms with Crippen LogP contribution in [0.25, 0.3) is 0 Å². The molecule has 0 bridgehead atoms. The maximum Gasteiger partial charge on any atom is 0.123 e. The minimum absolute atomic E-state index is 0.229. The molecular weight excluding hydrogens is 205 g/mol. The van der Waals surface area contributed by atoms with Crippen molar-refractivity contribution in [3.05, 3.63) is 35.6 Å². The van der Waals surface area contributed by atoms with Gasteiger partial charge in [0.05, 0.1) is 5.60 Å². The standard InChI is InChI=1S/C13H18FNO/c14-12-4-1-3-11(9-12)10-13(16)5-2-7-15-8-6-13/h1,3-4,9,15-16H,2,5-8,10H2. The van der Waals surface area contributed by atoms with Crippen molar-refractivity contribution < 1.29 is 9.50 Å². The number of hydrogen-bond donors (Lipinski definition) is 2. The van der Waals surface area contributed by atoms with Crippen molar-refractivity contribution in [2.24, 2.45) is 0 Å². The summed E-state index contributed by atoms with van der Waals surface area (Å²) >= 11 is 0. The average Bonchev–Trinajstić information content (AvgIpc) is 2.43. The smallest absolute Gasteiger partial charge is 0.123 e. The number of nitrogens with one attached hydrogen (secondary N) is 1. The summed E-state index contributed by atoms with van der Waals surface area (Å²) in [6.07, 6.45) is 3.05. The van der Waals surface area contributed by atoms with E-state index in [1.54, 1.807) is 6.07 Å². The molecule has 1 saturated heterocycles. The Hall–Kier alpha value is -0.930. The molecule has 0 spiro atoms. The molecule has 1 unspecified atom stereocenters. The lowest BCUT2D eigenvalue weighted by Gasteiger charge is -2.26. The van der Waals surface area contributed by atoms with E-state index in [0.29, 0.717) is 6.42 Å². The Morgan fingerprint density at radius 1 is 1.31 bits per heavy atom. The monoisotopic (exact) mass is 223 g/mol. The fraction of sp³-hybridized carbons (Fsp3) is 0.538. The molecule has 1 aromatic rings. The Bertz CT molecular complexity index is 346. The van der Waals surface area contributed by atoms with E-state index in [4.69, 9.17) is 0 Å². The number of rotatable bonds is 2. The normalized spacial score (nSPS) is 26.4. The topological polar surface area (TPSA) is 32.3 Å². The maximum absolute atomic E-state index is 13.0. The van der Waals surface area contributed by atoms with Crippen LogP contribution in [0.15, 0.2) is 24.3 Å². The highest BCUT2D eigenvalue weighted by atomic mass is 19.1. The first kappa shape index (κ1) is 11.6. The summed E-state index contributed by atoms with van der Waals surface area (Å²) in [5.41, 5.74) is 0.210. The second-order valence-corrected chi connectivity index (χ2v) is 4.63. The second-order valence-electron chi connectivity index (χ2n) is 4.63. The van der Waals surface area contributed by atoms with Gasteiger partial charge < -0.3 is 10.4 Å². The predicted molar refractivity (Wildman–Crippen MR) is 61.8 cm³/mol. The number of benzene rings is 1. The summed E-state index contributed by atoms with van der Waals surface area (Å²) in [7, 11) is 0. The fourth-order valence-electron chi connectivity index (χ4n) is 2.32. The van der Waals surface area contributed by atoms with Gasteiger partial charge in [-0.2, -0.15) is 0 Å². The Labute approximate surface area is 95.5 Å². The quantitative estimate of drug-likeness (QED) is 0.802. The lowest BCUT2D eigenvalue weighted by molar-refractivity contribution is 0.0284. The van der Waals surface area contributed by atoms with Crippen LogP contribution in [-0.2, 0) is 6.42 Å². The summed E-state index contributed by atoms with van der Waals surface area (Å²) in [4.78, 5) is 0. The molecule has 0 saturated carbocycles. The summed E-state index contributed by atoms with van der Waals surface area (Å²) in [6.45, 7) is 1.80. The summed E-state index contributed by atoms with van der Waals surface area (Å²) in [5, 5.41) is 13.7. The van der Waals surface area contributed by atoms with E-state index in [1.165, 1.54) is 12.1 Å². The Kier molecular flexibility index (Phi) is 3.56. The van der Waals surface area contributed by atoms with Crippen molar-refractivity contribution in [2.45, 2.75) is 31.3 Å². The zero-order valence-electron chi connectivity index (χ0n) is 9.38. The fourth-order valence-corrected chi connectivity index (χ4v) is 2.32. The summed E-state index contributed by atoms with van der Waals surface area (Å²) in [6, 6.07) is 6.51. The van der Waals surface area contributed by atoms with E-state index in [0.717, 1.165) is 37.9 Å². The third-order valence-corrected chi connectivity index (χ3v) is 3.19. The Morgan fingerprint density at radius 2 is 2.19 bits per heavy atom. The van der Waals surface area contributed by atoms with Crippen LogP contribution in [0.5, 0.6) is 0 Å². The first-order valence-corrected chi connectivity index (χ1v) is 5.86. The van der Waals surface area contributed by atoms with Crippen LogP contribution in [0.2, 0.25) is 0 Å². The predicted octanol–water partition coefficient (Wildman–Crippen LogP) is 1.87. The molecule has 2 rings (SSSR count). The minimum atomic E-state index is -0.669. The molecule has 88 valence electrons. The van der Waals surface area contributed by atoms with Crippen LogP contribution >= 0.6 is 0 Å². The van der Waals surface area contributed by atoms with E-state index in [1.807, 2.05) is 6.07 Å². The molecule has 1 fully saturated rings. The molecule has 0 radical (unpaired) electrons. The first-order chi connectivity index (χ1) is 7.68. The highest BCUT2D eigenvalue weighted by Gasteiger charge is 2.28. The van der Waals surface area contributed by atoms with Crippen molar-refractivity contribution in [2.75, 3.05) is 13.1 Å². The van der Waals surface area contributed by atoms with Crippen LogP contribution in [0.1, 0.15) is 24.8 Å². The van der Waals surface area contributed by atoms with Gasteiger partial charge in [-0.25, -0.2) is 4.39 Å². The molecule has 1 aliphatic rings. The summed E-state index contributed by atoms with van der Waals surface area (Å²) < 4.78 is 13.0. The molecular formula is C13H18FNO. The summed E-state index contributed by atoms with van der Waals surface area (Å²) in [5.74, 6) is -0.229. The molecule has 0 aliphatic carbocycles. The molecule has 1 heterocycles. The van der Waals surface area contributed by atoms with Gasteiger partial charge in [0.15, 0.2) is 0 Å². The van der Waals surface area contributed by atoms with Gasteiger partial charge in [0.25, 0.3) is 0 Å². The van der Waals surface area contributed by atoms with Crippen LogP contribution in [0.3, 0.4) is 0 Å². The van der Waals surface area contributed by atoms with E-state index in [-0.39, 0.29) is 5.82 Å². The lowest BCUT2D eigenvalue weighted by atomic mass is 9.88. The Balaban J connectivity index is 2.06. The molecule has 2 nitrogen and oxygen atoms in total. The van der Waals surface area contributed by atoms with Crippen molar-refractivity contribution in [1.29, 1.82) is 0 Å².